The van der Waals surface area contributed by atoms with Gasteiger partial charge in [-0.3, -0.25) is 4.79 Å². The maximum atomic E-state index is 13.1. The molecule has 3 nitrogen and oxygen atoms in total. The zero-order valence-corrected chi connectivity index (χ0v) is 8.91. The molecule has 5 heteroatoms. The van der Waals surface area contributed by atoms with E-state index in [1.165, 1.54) is 16.2 Å². The third kappa shape index (κ3) is 2.03. The average Bonchev–Trinajstić information content (AvgIpc) is 2.84. The van der Waals surface area contributed by atoms with Gasteiger partial charge in [0.1, 0.15) is 6.17 Å². The topological polar surface area (TPSA) is 40.5 Å². The van der Waals surface area contributed by atoms with E-state index >= 15 is 0 Å². The fourth-order valence-electron chi connectivity index (χ4n) is 1.82. The Bertz CT molecular complexity index is 341. The number of amides is 1. The summed E-state index contributed by atoms with van der Waals surface area (Å²) in [6, 6.07) is 3.14. The number of rotatable bonds is 2. The van der Waals surface area contributed by atoms with Crippen molar-refractivity contribution in [1.29, 1.82) is 0 Å². The maximum absolute atomic E-state index is 13.1. The number of aliphatic hydroxyl groups excluding tert-OH is 1. The molecule has 0 unspecified atom stereocenters. The highest BCUT2D eigenvalue weighted by Gasteiger charge is 2.35. The van der Waals surface area contributed by atoms with Crippen LogP contribution in [0.15, 0.2) is 17.5 Å². The molecule has 82 valence electrons. The van der Waals surface area contributed by atoms with Crippen molar-refractivity contribution in [3.8, 4) is 0 Å². The summed E-state index contributed by atoms with van der Waals surface area (Å²) in [5.74, 6) is -0.177. The predicted molar refractivity (Wildman–Crippen MR) is 55.7 cm³/mol. The van der Waals surface area contributed by atoms with Crippen LogP contribution in [0.25, 0.3) is 0 Å². The molecule has 1 N–H and O–H groups in total. The summed E-state index contributed by atoms with van der Waals surface area (Å²) in [6.07, 6.45) is -0.765. The van der Waals surface area contributed by atoms with E-state index in [4.69, 9.17) is 5.11 Å². The first-order valence-electron chi connectivity index (χ1n) is 4.81. The molecule has 2 atom stereocenters. The van der Waals surface area contributed by atoms with Crippen molar-refractivity contribution in [2.75, 3.05) is 13.2 Å². The molecule has 0 bridgehead atoms. The fraction of sp³-hybridized carbons (Fsp3) is 0.500. The minimum Gasteiger partial charge on any atom is -0.394 e. The number of likely N-dealkylation sites (tertiary alicyclic amines) is 1. The van der Waals surface area contributed by atoms with Gasteiger partial charge in [0, 0.05) is 6.42 Å². The van der Waals surface area contributed by atoms with Crippen molar-refractivity contribution in [1.82, 2.24) is 4.90 Å². The smallest absolute Gasteiger partial charge is 0.264 e. The quantitative estimate of drug-likeness (QED) is 0.830. The fourth-order valence-corrected chi connectivity index (χ4v) is 2.50. The van der Waals surface area contributed by atoms with Crippen molar-refractivity contribution in [3.63, 3.8) is 0 Å². The van der Waals surface area contributed by atoms with E-state index in [0.29, 0.717) is 4.88 Å². The molecule has 2 heterocycles. The monoisotopic (exact) mass is 229 g/mol. The van der Waals surface area contributed by atoms with Crippen LogP contribution in [0.1, 0.15) is 16.1 Å². The molecule has 1 amide bonds. The second-order valence-electron chi connectivity index (χ2n) is 3.60. The van der Waals surface area contributed by atoms with Crippen LogP contribution in [0.3, 0.4) is 0 Å². The SMILES string of the molecule is O=C(c1cccs1)N1C[C@@H](F)C[C@H]1CO. The van der Waals surface area contributed by atoms with E-state index in [-0.39, 0.29) is 31.5 Å². The number of aliphatic hydroxyl groups is 1. The molecule has 0 radical (unpaired) electrons. The lowest BCUT2D eigenvalue weighted by atomic mass is 10.2. The summed E-state index contributed by atoms with van der Waals surface area (Å²) in [6.45, 7) is -0.0699. The third-order valence-corrected chi connectivity index (χ3v) is 3.42. The Kier molecular flexibility index (Phi) is 3.02. The molecule has 1 aliphatic heterocycles. The third-order valence-electron chi connectivity index (χ3n) is 2.57. The van der Waals surface area contributed by atoms with Gasteiger partial charge in [0.05, 0.1) is 24.1 Å². The number of hydrogen-bond acceptors (Lipinski definition) is 3. The van der Waals surface area contributed by atoms with E-state index < -0.39 is 6.17 Å². The molecule has 1 aromatic heterocycles. The molecule has 1 fully saturated rings. The zero-order valence-electron chi connectivity index (χ0n) is 8.10. The van der Waals surface area contributed by atoms with Crippen LogP contribution in [0, 0.1) is 0 Å². The second kappa shape index (κ2) is 4.28. The van der Waals surface area contributed by atoms with Crippen LogP contribution in [0.4, 0.5) is 4.39 Å². The van der Waals surface area contributed by atoms with Crippen LogP contribution in [0.5, 0.6) is 0 Å². The van der Waals surface area contributed by atoms with Gasteiger partial charge in [-0.05, 0) is 11.4 Å². The molecular formula is C10H12FNO2S. The van der Waals surface area contributed by atoms with Crippen molar-refractivity contribution in [3.05, 3.63) is 22.4 Å². The number of carbonyl (C=O) groups is 1. The lowest BCUT2D eigenvalue weighted by molar-refractivity contribution is 0.0678. The summed E-state index contributed by atoms with van der Waals surface area (Å²) in [5.41, 5.74) is 0. The van der Waals surface area contributed by atoms with E-state index in [9.17, 15) is 9.18 Å². The number of halogens is 1. The van der Waals surface area contributed by atoms with Gasteiger partial charge >= 0.3 is 0 Å². The minimum atomic E-state index is -1.01. The second-order valence-corrected chi connectivity index (χ2v) is 4.55. The van der Waals surface area contributed by atoms with Gasteiger partial charge in [0.2, 0.25) is 0 Å². The molecule has 0 aromatic carbocycles. The Morgan fingerprint density at radius 1 is 1.73 bits per heavy atom. The summed E-state index contributed by atoms with van der Waals surface area (Å²) in [4.78, 5) is 13.9. The molecule has 2 rings (SSSR count). The Morgan fingerprint density at radius 3 is 3.13 bits per heavy atom. The zero-order chi connectivity index (χ0) is 10.8. The number of alkyl halides is 1. The van der Waals surface area contributed by atoms with E-state index in [1.807, 2.05) is 5.38 Å². The predicted octanol–water partition coefficient (Wildman–Crippen LogP) is 1.29. The number of thiophene rings is 1. The minimum absolute atomic E-state index is 0.0992. The molecule has 1 aliphatic rings. The van der Waals surface area contributed by atoms with Gasteiger partial charge in [-0.2, -0.15) is 0 Å². The maximum Gasteiger partial charge on any atom is 0.264 e. The number of hydrogen-bond donors (Lipinski definition) is 1. The van der Waals surface area contributed by atoms with Gasteiger partial charge in [-0.15, -0.1) is 11.3 Å². The van der Waals surface area contributed by atoms with Gasteiger partial charge in [0.15, 0.2) is 0 Å². The highest BCUT2D eigenvalue weighted by molar-refractivity contribution is 7.12. The standard InChI is InChI=1S/C10H12FNO2S/c11-7-4-8(6-13)12(5-7)10(14)9-2-1-3-15-9/h1-3,7-8,13H,4-6H2/t7-,8-/m0/s1. The first kappa shape index (κ1) is 10.6. The van der Waals surface area contributed by atoms with Crippen LogP contribution in [0.2, 0.25) is 0 Å². The van der Waals surface area contributed by atoms with E-state index in [1.54, 1.807) is 12.1 Å². The van der Waals surface area contributed by atoms with Crippen LogP contribution in [-0.4, -0.2) is 41.3 Å². The Morgan fingerprint density at radius 2 is 2.53 bits per heavy atom. The average molecular weight is 229 g/mol. The van der Waals surface area contributed by atoms with Crippen LogP contribution < -0.4 is 0 Å². The van der Waals surface area contributed by atoms with E-state index in [2.05, 4.69) is 0 Å². The van der Waals surface area contributed by atoms with Crippen molar-refractivity contribution in [2.24, 2.45) is 0 Å². The summed E-state index contributed by atoms with van der Waals surface area (Å²) >= 11 is 1.34. The molecule has 1 aromatic rings. The lowest BCUT2D eigenvalue weighted by Crippen LogP contribution is -2.37. The number of carbonyl (C=O) groups excluding carboxylic acids is 1. The summed E-state index contributed by atoms with van der Waals surface area (Å²) < 4.78 is 13.1. The lowest BCUT2D eigenvalue weighted by Gasteiger charge is -2.21. The molecule has 0 saturated carbocycles. The van der Waals surface area contributed by atoms with Crippen molar-refractivity contribution in [2.45, 2.75) is 18.6 Å². The number of nitrogens with zero attached hydrogens (tertiary/aromatic N) is 1. The highest BCUT2D eigenvalue weighted by atomic mass is 32.1. The van der Waals surface area contributed by atoms with Crippen molar-refractivity contribution < 1.29 is 14.3 Å². The molecule has 0 spiro atoms. The Hall–Kier alpha value is -0.940. The molecule has 15 heavy (non-hydrogen) atoms. The molecular weight excluding hydrogens is 217 g/mol. The van der Waals surface area contributed by atoms with Gasteiger partial charge in [-0.1, -0.05) is 6.07 Å². The first-order valence-corrected chi connectivity index (χ1v) is 5.69. The highest BCUT2D eigenvalue weighted by Crippen LogP contribution is 2.23. The van der Waals surface area contributed by atoms with Crippen LogP contribution in [-0.2, 0) is 0 Å². The summed E-state index contributed by atoms with van der Waals surface area (Å²) in [5, 5.41) is 10.9. The first-order chi connectivity index (χ1) is 7.22. The van der Waals surface area contributed by atoms with Gasteiger partial charge < -0.3 is 10.0 Å². The normalized spacial score (nSPS) is 25.9. The van der Waals surface area contributed by atoms with Crippen LogP contribution >= 0.6 is 11.3 Å². The Labute approximate surface area is 91.1 Å². The summed E-state index contributed by atoms with van der Waals surface area (Å²) in [7, 11) is 0. The van der Waals surface area contributed by atoms with Crippen molar-refractivity contribution >= 4 is 17.2 Å². The molecule has 1 saturated heterocycles. The largest absolute Gasteiger partial charge is 0.394 e. The van der Waals surface area contributed by atoms with Gasteiger partial charge in [0.25, 0.3) is 5.91 Å². The van der Waals surface area contributed by atoms with E-state index in [0.717, 1.165) is 0 Å². The Balaban J connectivity index is 2.13. The molecule has 0 aliphatic carbocycles. The van der Waals surface area contributed by atoms with Gasteiger partial charge in [-0.25, -0.2) is 4.39 Å².